The summed E-state index contributed by atoms with van der Waals surface area (Å²) in [5, 5.41) is 8.75. The van der Waals surface area contributed by atoms with Crippen LogP contribution in [0, 0.1) is 0 Å². The Morgan fingerprint density at radius 1 is 1.38 bits per heavy atom. The maximum absolute atomic E-state index is 13.1. The lowest BCUT2D eigenvalue weighted by atomic mass is 9.93. The number of carbonyl (C=O) groups excluding carboxylic acids is 1. The van der Waals surface area contributed by atoms with E-state index in [1.165, 1.54) is 0 Å². The molecule has 1 atom stereocenters. The number of H-pyrrole nitrogens is 1. The maximum atomic E-state index is 13.1. The SMILES string of the molecule is Cn1cc(C2CN(C(=O)c3onc4ncccc34)Cc3[nH]cnc32)cn1. The minimum atomic E-state index is -0.213. The summed E-state index contributed by atoms with van der Waals surface area (Å²) in [6, 6.07) is 3.55. The second-order valence-corrected chi connectivity index (χ2v) is 6.34. The molecule has 0 saturated heterocycles. The van der Waals surface area contributed by atoms with Crippen LogP contribution in [0.15, 0.2) is 41.6 Å². The van der Waals surface area contributed by atoms with Crippen molar-refractivity contribution < 1.29 is 9.32 Å². The lowest BCUT2D eigenvalue weighted by molar-refractivity contribution is 0.0682. The predicted molar refractivity (Wildman–Crippen MR) is 90.2 cm³/mol. The molecule has 0 saturated carbocycles. The molecule has 4 aromatic heterocycles. The number of aromatic nitrogens is 6. The van der Waals surface area contributed by atoms with Crippen molar-refractivity contribution in [2.75, 3.05) is 6.54 Å². The number of aromatic amines is 1. The number of rotatable bonds is 2. The molecule has 1 unspecified atom stereocenters. The highest BCUT2D eigenvalue weighted by molar-refractivity contribution is 6.02. The quantitative estimate of drug-likeness (QED) is 0.587. The molecule has 0 aromatic carbocycles. The van der Waals surface area contributed by atoms with Gasteiger partial charge in [0.25, 0.3) is 5.91 Å². The van der Waals surface area contributed by atoms with Gasteiger partial charge in [0.2, 0.25) is 11.4 Å². The molecule has 0 fully saturated rings. The summed E-state index contributed by atoms with van der Waals surface area (Å²) >= 11 is 0. The first kappa shape index (κ1) is 14.8. The van der Waals surface area contributed by atoms with Gasteiger partial charge >= 0.3 is 0 Å². The van der Waals surface area contributed by atoms with Crippen molar-refractivity contribution in [3.63, 3.8) is 0 Å². The average Bonchev–Trinajstić information content (AvgIpc) is 3.39. The van der Waals surface area contributed by atoms with E-state index in [0.717, 1.165) is 17.0 Å². The Morgan fingerprint density at radius 3 is 3.15 bits per heavy atom. The number of fused-ring (bicyclic) bond motifs is 2. The van der Waals surface area contributed by atoms with Crippen LogP contribution in [0.25, 0.3) is 11.0 Å². The summed E-state index contributed by atoms with van der Waals surface area (Å²) < 4.78 is 7.05. The van der Waals surface area contributed by atoms with E-state index in [1.807, 2.05) is 19.4 Å². The minimum absolute atomic E-state index is 0.0463. The zero-order valence-corrected chi connectivity index (χ0v) is 14.0. The van der Waals surface area contributed by atoms with Crippen LogP contribution in [-0.2, 0) is 13.6 Å². The molecule has 1 amide bonds. The Bertz CT molecular complexity index is 1110. The van der Waals surface area contributed by atoms with Gasteiger partial charge in [-0.05, 0) is 12.1 Å². The number of carbonyl (C=O) groups is 1. The first-order valence-electron chi connectivity index (χ1n) is 8.21. The fourth-order valence-electron chi connectivity index (χ4n) is 3.44. The van der Waals surface area contributed by atoms with Gasteiger partial charge in [0.1, 0.15) is 0 Å². The molecule has 5 heterocycles. The van der Waals surface area contributed by atoms with Crippen LogP contribution in [0.3, 0.4) is 0 Å². The van der Waals surface area contributed by atoms with Crippen LogP contribution in [0.1, 0.15) is 33.4 Å². The second-order valence-electron chi connectivity index (χ2n) is 6.34. The summed E-state index contributed by atoms with van der Waals surface area (Å²) in [6.07, 6.45) is 7.04. The van der Waals surface area contributed by atoms with Gasteiger partial charge < -0.3 is 14.4 Å². The molecule has 5 rings (SSSR count). The fraction of sp³-hybridized carbons (Fsp3) is 0.235. The van der Waals surface area contributed by atoms with Crippen molar-refractivity contribution in [2.24, 2.45) is 7.05 Å². The average molecular weight is 349 g/mol. The third-order valence-corrected chi connectivity index (χ3v) is 4.70. The number of nitrogens with one attached hydrogen (secondary N) is 1. The molecule has 9 heteroatoms. The van der Waals surface area contributed by atoms with E-state index < -0.39 is 0 Å². The highest BCUT2D eigenvalue weighted by Crippen LogP contribution is 2.32. The normalized spacial score (nSPS) is 16.8. The van der Waals surface area contributed by atoms with Gasteiger partial charge in [0.05, 0.1) is 35.8 Å². The molecular formula is C17H15N7O2. The van der Waals surface area contributed by atoms with Crippen LogP contribution >= 0.6 is 0 Å². The van der Waals surface area contributed by atoms with Gasteiger partial charge in [0, 0.05) is 37.5 Å². The molecule has 0 spiro atoms. The standard InChI is InChI=1S/C17H15N7O2/c1-23-6-10(5-21-23)12-7-24(8-13-14(12)20-9-19-13)17(25)15-11-3-2-4-18-16(11)22-26-15/h2-6,9,12H,7-8H2,1H3,(H,19,20). The van der Waals surface area contributed by atoms with Gasteiger partial charge in [-0.2, -0.15) is 5.10 Å². The Morgan fingerprint density at radius 2 is 2.31 bits per heavy atom. The van der Waals surface area contributed by atoms with E-state index in [9.17, 15) is 4.79 Å². The first-order valence-corrected chi connectivity index (χ1v) is 8.21. The fourth-order valence-corrected chi connectivity index (χ4v) is 3.44. The lowest BCUT2D eigenvalue weighted by Gasteiger charge is -2.31. The molecule has 4 aromatic rings. The highest BCUT2D eigenvalue weighted by atomic mass is 16.5. The summed E-state index contributed by atoms with van der Waals surface area (Å²) in [7, 11) is 1.87. The zero-order chi connectivity index (χ0) is 17.7. The summed E-state index contributed by atoms with van der Waals surface area (Å²) in [5.41, 5.74) is 3.31. The molecular weight excluding hydrogens is 334 g/mol. The van der Waals surface area contributed by atoms with E-state index in [-0.39, 0.29) is 17.6 Å². The van der Waals surface area contributed by atoms with Gasteiger partial charge in [-0.1, -0.05) is 5.16 Å². The van der Waals surface area contributed by atoms with Crippen LogP contribution < -0.4 is 0 Å². The van der Waals surface area contributed by atoms with Crippen molar-refractivity contribution in [1.82, 2.24) is 34.8 Å². The van der Waals surface area contributed by atoms with Crippen molar-refractivity contribution in [2.45, 2.75) is 12.5 Å². The lowest BCUT2D eigenvalue weighted by Crippen LogP contribution is -2.38. The molecule has 0 aliphatic carbocycles. The first-order chi connectivity index (χ1) is 12.7. The Labute approximate surface area is 147 Å². The van der Waals surface area contributed by atoms with Gasteiger partial charge in [-0.15, -0.1) is 0 Å². The molecule has 0 bridgehead atoms. The zero-order valence-electron chi connectivity index (χ0n) is 14.0. The number of nitrogens with zero attached hydrogens (tertiary/aromatic N) is 6. The van der Waals surface area contributed by atoms with Crippen molar-refractivity contribution >= 4 is 16.9 Å². The topological polar surface area (TPSA) is 106 Å². The number of amides is 1. The van der Waals surface area contributed by atoms with Crippen LogP contribution in [0.5, 0.6) is 0 Å². The molecule has 26 heavy (non-hydrogen) atoms. The van der Waals surface area contributed by atoms with Gasteiger partial charge in [-0.3, -0.25) is 9.48 Å². The van der Waals surface area contributed by atoms with E-state index in [2.05, 4.69) is 25.2 Å². The highest BCUT2D eigenvalue weighted by Gasteiger charge is 2.34. The number of pyridine rings is 1. The van der Waals surface area contributed by atoms with E-state index in [4.69, 9.17) is 4.52 Å². The predicted octanol–water partition coefficient (Wildman–Crippen LogP) is 1.47. The van der Waals surface area contributed by atoms with E-state index in [0.29, 0.717) is 24.1 Å². The molecule has 0 radical (unpaired) electrons. The smallest absolute Gasteiger partial charge is 0.293 e. The Balaban J connectivity index is 1.53. The van der Waals surface area contributed by atoms with Crippen LogP contribution in [-0.4, -0.2) is 47.2 Å². The monoisotopic (exact) mass is 349 g/mol. The molecule has 1 aliphatic heterocycles. The minimum Gasteiger partial charge on any atom is -0.348 e. The summed E-state index contributed by atoms with van der Waals surface area (Å²) in [6.45, 7) is 0.929. The second kappa shape index (κ2) is 5.51. The largest absolute Gasteiger partial charge is 0.348 e. The third kappa shape index (κ3) is 2.20. The molecule has 1 N–H and O–H groups in total. The number of aryl methyl sites for hydroxylation is 1. The van der Waals surface area contributed by atoms with E-state index >= 15 is 0 Å². The maximum Gasteiger partial charge on any atom is 0.293 e. The van der Waals surface area contributed by atoms with Crippen molar-refractivity contribution in [1.29, 1.82) is 0 Å². The summed E-state index contributed by atoms with van der Waals surface area (Å²) in [5.74, 6) is -0.0504. The number of hydrogen-bond donors (Lipinski definition) is 1. The van der Waals surface area contributed by atoms with E-state index in [1.54, 1.807) is 34.2 Å². The van der Waals surface area contributed by atoms with Gasteiger partial charge in [0.15, 0.2) is 0 Å². The van der Waals surface area contributed by atoms with Crippen LogP contribution in [0.4, 0.5) is 0 Å². The van der Waals surface area contributed by atoms with Crippen molar-refractivity contribution in [3.05, 3.63) is 59.8 Å². The molecule has 1 aliphatic rings. The molecule has 9 nitrogen and oxygen atoms in total. The Kier molecular flexibility index (Phi) is 3.14. The van der Waals surface area contributed by atoms with Gasteiger partial charge in [-0.25, -0.2) is 9.97 Å². The van der Waals surface area contributed by atoms with Crippen LogP contribution in [0.2, 0.25) is 0 Å². The number of imidazole rings is 1. The van der Waals surface area contributed by atoms with Crippen molar-refractivity contribution in [3.8, 4) is 0 Å². The third-order valence-electron chi connectivity index (χ3n) is 4.70. The molecule has 130 valence electrons. The Hall–Kier alpha value is -3.49. The number of hydrogen-bond acceptors (Lipinski definition) is 6. The summed E-state index contributed by atoms with van der Waals surface area (Å²) in [4.78, 5) is 26.6.